The predicted molar refractivity (Wildman–Crippen MR) is 156 cm³/mol. The van der Waals surface area contributed by atoms with E-state index in [0.717, 1.165) is 17.9 Å². The molecule has 1 amide bonds. The number of hydrogen-bond donors (Lipinski definition) is 3. The Labute approximate surface area is 236 Å². The predicted octanol–water partition coefficient (Wildman–Crippen LogP) is 3.63. The molecule has 2 atom stereocenters. The molecule has 0 aromatic carbocycles. The van der Waals surface area contributed by atoms with Crippen molar-refractivity contribution in [2.24, 2.45) is 17.0 Å². The van der Waals surface area contributed by atoms with Crippen molar-refractivity contribution in [2.45, 2.75) is 71.9 Å². The van der Waals surface area contributed by atoms with E-state index in [1.165, 1.54) is 14.2 Å². The van der Waals surface area contributed by atoms with Crippen LogP contribution >= 0.6 is 36.2 Å². The van der Waals surface area contributed by atoms with Crippen molar-refractivity contribution in [1.82, 2.24) is 5.32 Å². The Morgan fingerprint density at radius 1 is 0.919 bits per heavy atom. The number of nitrogens with two attached hydrogens (primary N) is 1. The minimum Gasteiger partial charge on any atom is -0.468 e. The van der Waals surface area contributed by atoms with E-state index in [-0.39, 0.29) is 23.0 Å². The van der Waals surface area contributed by atoms with Crippen molar-refractivity contribution in [2.75, 3.05) is 44.8 Å². The summed E-state index contributed by atoms with van der Waals surface area (Å²) < 4.78 is 9.03. The Morgan fingerprint density at radius 3 is 1.76 bits per heavy atom. The molecule has 0 saturated carbocycles. The number of thioether (sulfide) groups is 2. The molecular formula is C23H47N3O8S3. The van der Waals surface area contributed by atoms with Crippen LogP contribution in [0.2, 0.25) is 0 Å². The molecule has 0 spiro atoms. The Hall–Kier alpha value is -1.51. The Morgan fingerprint density at radius 2 is 1.41 bits per heavy atom. The summed E-state index contributed by atoms with van der Waals surface area (Å²) in [6, 6.07) is -0.947. The molecule has 0 heterocycles. The first-order chi connectivity index (χ1) is 17.4. The number of rotatable bonds is 15. The van der Waals surface area contributed by atoms with Crippen molar-refractivity contribution in [3.63, 3.8) is 0 Å². The molecule has 11 nitrogen and oxygen atoms in total. The number of carbonyl (C=O) groups is 4. The number of methoxy groups -OCH3 is 2. The molecule has 0 aliphatic rings. The fourth-order valence-corrected chi connectivity index (χ4v) is 2.72. The van der Waals surface area contributed by atoms with E-state index in [2.05, 4.69) is 51.4 Å². The molecule has 14 heteroatoms. The molecule has 0 rings (SSSR count). The summed E-state index contributed by atoms with van der Waals surface area (Å²) in [5, 5.41) is 4.83. The normalized spacial score (nSPS) is 11.0. The van der Waals surface area contributed by atoms with Gasteiger partial charge >= 0.3 is 11.9 Å². The minimum absolute atomic E-state index is 0.0509. The van der Waals surface area contributed by atoms with Gasteiger partial charge in [0.1, 0.15) is 18.7 Å². The highest BCUT2D eigenvalue weighted by atomic mass is 32.2. The van der Waals surface area contributed by atoms with Crippen LogP contribution in [0.3, 0.4) is 0 Å². The van der Waals surface area contributed by atoms with Crippen LogP contribution in [0.25, 0.3) is 0 Å². The lowest BCUT2D eigenvalue weighted by molar-refractivity contribution is -0.145. The second-order valence-electron chi connectivity index (χ2n) is 7.53. The Bertz CT molecular complexity index is 600. The van der Waals surface area contributed by atoms with Crippen LogP contribution in [0.4, 0.5) is 0 Å². The molecule has 0 fully saturated rings. The van der Waals surface area contributed by atoms with Crippen molar-refractivity contribution < 1.29 is 33.5 Å². The van der Waals surface area contributed by atoms with E-state index in [4.69, 9.17) is 5.73 Å². The maximum atomic E-state index is 11.2. The number of amides is 1. The van der Waals surface area contributed by atoms with Crippen LogP contribution in [0.1, 0.15) is 59.8 Å². The molecule has 37 heavy (non-hydrogen) atoms. The van der Waals surface area contributed by atoms with E-state index < -0.39 is 12.1 Å². The number of hydrogen-bond acceptors (Lipinski definition) is 12. The summed E-state index contributed by atoms with van der Waals surface area (Å²) in [6.07, 6.45) is 7.04. The van der Waals surface area contributed by atoms with Gasteiger partial charge in [-0.2, -0.15) is 23.5 Å². The zero-order chi connectivity index (χ0) is 29.6. The zero-order valence-corrected chi connectivity index (χ0v) is 26.0. The van der Waals surface area contributed by atoms with Gasteiger partial charge in [0.25, 0.3) is 0 Å². The fraction of sp³-hybridized carbons (Fsp3) is 0.826. The second-order valence-corrected chi connectivity index (χ2v) is 10.00. The highest BCUT2D eigenvalue weighted by Crippen LogP contribution is 2.03. The van der Waals surface area contributed by atoms with E-state index in [1.807, 2.05) is 12.5 Å². The van der Waals surface area contributed by atoms with Gasteiger partial charge in [0.2, 0.25) is 5.91 Å². The summed E-state index contributed by atoms with van der Waals surface area (Å²) in [4.78, 5) is 56.2. The summed E-state index contributed by atoms with van der Waals surface area (Å²) in [6.45, 7) is 8.09. The lowest BCUT2D eigenvalue weighted by Crippen LogP contribution is -2.41. The Kier molecular flexibility index (Phi) is 37.4. The monoisotopic (exact) mass is 589 g/mol. The molecular weight excluding hydrogens is 542 g/mol. The smallest absolute Gasteiger partial charge is 0.328 e. The number of thiol groups is 1. The van der Waals surface area contributed by atoms with Gasteiger partial charge in [-0.1, -0.05) is 27.7 Å². The van der Waals surface area contributed by atoms with Crippen molar-refractivity contribution in [3.8, 4) is 0 Å². The van der Waals surface area contributed by atoms with Gasteiger partial charge in [-0.05, 0) is 49.2 Å². The first-order valence-electron chi connectivity index (χ1n) is 11.8. The van der Waals surface area contributed by atoms with Gasteiger partial charge in [-0.3, -0.25) is 14.4 Å². The van der Waals surface area contributed by atoms with Crippen molar-refractivity contribution >= 4 is 59.1 Å². The van der Waals surface area contributed by atoms with Crippen LogP contribution < -0.4 is 11.1 Å². The average molecular weight is 590 g/mol. The summed E-state index contributed by atoms with van der Waals surface area (Å²) in [5.41, 5.74) is 5.43. The summed E-state index contributed by atoms with van der Waals surface area (Å²) in [7, 11) is 2.67. The summed E-state index contributed by atoms with van der Waals surface area (Å²) in [5.74, 6) is 1.48. The van der Waals surface area contributed by atoms with E-state index in [0.29, 0.717) is 38.2 Å². The highest BCUT2D eigenvalue weighted by Gasteiger charge is 2.19. The standard InChI is InChI=1S/C9H17NO3S.C6H13NO2S.C5H11NO2.C3H6OS/c1-4-8(11)10-7(5-6-14-3)9(12)13-2;1-9-6(8)5(7)3-4-10-2;1-5(2)3-4-8-6-7;1-2-3(4)5/h7H,4-6H2,1-3H3,(H,10,11);5H,3-4,7H2,1-2H3;5H,3-4H2,1-2H3;2H2,1H3,(H,4,5)/t7-;5-;;/m00../s1. The molecule has 0 radical (unpaired) electrons. The van der Waals surface area contributed by atoms with Gasteiger partial charge < -0.3 is 25.4 Å². The third-order valence-electron chi connectivity index (χ3n) is 4.03. The van der Waals surface area contributed by atoms with Gasteiger partial charge in [0.05, 0.1) is 14.2 Å². The highest BCUT2D eigenvalue weighted by molar-refractivity contribution is 7.98. The third kappa shape index (κ3) is 36.7. The van der Waals surface area contributed by atoms with Gasteiger partial charge in [-0.15, -0.1) is 17.5 Å². The molecule has 0 unspecified atom stereocenters. The van der Waals surface area contributed by atoms with Crippen molar-refractivity contribution in [3.05, 3.63) is 4.91 Å². The van der Waals surface area contributed by atoms with Crippen LogP contribution in [0.15, 0.2) is 5.34 Å². The number of nitrogens with one attached hydrogen (secondary N) is 1. The van der Waals surface area contributed by atoms with Gasteiger partial charge in [-0.25, -0.2) is 4.79 Å². The van der Waals surface area contributed by atoms with Crippen LogP contribution in [-0.4, -0.2) is 79.9 Å². The van der Waals surface area contributed by atoms with E-state index in [9.17, 15) is 24.1 Å². The SMILES string of the molecule is CC(C)CCON=O.CCC(=O)N[C@@H](CCSC)C(=O)OC.CCC(=O)S.COC(=O)[C@@H](N)CCSC. The van der Waals surface area contributed by atoms with Gasteiger partial charge in [0, 0.05) is 12.8 Å². The lowest BCUT2D eigenvalue weighted by Gasteiger charge is -2.15. The lowest BCUT2D eigenvalue weighted by atomic mass is 10.1. The Balaban J connectivity index is -0.000000209. The van der Waals surface area contributed by atoms with Crippen LogP contribution in [0.5, 0.6) is 0 Å². The molecule has 0 aliphatic heterocycles. The zero-order valence-electron chi connectivity index (χ0n) is 23.4. The minimum atomic E-state index is -0.500. The maximum absolute atomic E-state index is 11.2. The molecule has 0 aromatic rings. The number of nitrogens with zero attached hydrogens (tertiary/aromatic N) is 1. The third-order valence-corrected chi connectivity index (χ3v) is 5.64. The van der Waals surface area contributed by atoms with Crippen LogP contribution in [0, 0.1) is 10.8 Å². The number of carbonyl (C=O) groups excluding carboxylic acids is 4. The molecule has 220 valence electrons. The quantitative estimate of drug-likeness (QED) is 0.0840. The number of esters is 2. The molecule has 3 N–H and O–H groups in total. The van der Waals surface area contributed by atoms with Crippen molar-refractivity contribution in [1.29, 1.82) is 0 Å². The van der Waals surface area contributed by atoms with Crippen LogP contribution in [-0.2, 0) is 33.5 Å². The molecule has 0 aromatic heterocycles. The van der Waals surface area contributed by atoms with E-state index in [1.54, 1.807) is 37.4 Å². The molecule has 0 bridgehead atoms. The van der Waals surface area contributed by atoms with E-state index >= 15 is 0 Å². The average Bonchev–Trinajstić information content (AvgIpc) is 2.89. The molecule has 0 saturated heterocycles. The van der Waals surface area contributed by atoms with Gasteiger partial charge in [0.15, 0.2) is 10.5 Å². The number of ether oxygens (including phenoxy) is 2. The maximum Gasteiger partial charge on any atom is 0.328 e. The fourth-order valence-electron chi connectivity index (χ4n) is 1.76. The largest absolute Gasteiger partial charge is 0.468 e. The summed E-state index contributed by atoms with van der Waals surface area (Å²) >= 11 is 6.76. The molecule has 0 aliphatic carbocycles. The second kappa shape index (κ2) is 32.5. The first-order valence-corrected chi connectivity index (χ1v) is 15.0. The first kappa shape index (κ1) is 42.6. The topological polar surface area (TPSA) is 163 Å².